The highest BCUT2D eigenvalue weighted by Crippen LogP contribution is 2.41. The summed E-state index contributed by atoms with van der Waals surface area (Å²) in [6.45, 7) is 7.02. The van der Waals surface area contributed by atoms with Gasteiger partial charge in [0.1, 0.15) is 12.6 Å². The van der Waals surface area contributed by atoms with E-state index in [2.05, 4.69) is 25.5 Å². The number of ether oxygens (including phenoxy) is 3. The minimum atomic E-state index is -0.960. The summed E-state index contributed by atoms with van der Waals surface area (Å²) in [5, 5.41) is 5.38. The molecule has 1 saturated heterocycles. The lowest BCUT2D eigenvalue weighted by Gasteiger charge is -2.40. The van der Waals surface area contributed by atoms with Crippen molar-refractivity contribution in [2.24, 2.45) is 5.41 Å². The van der Waals surface area contributed by atoms with Gasteiger partial charge in [-0.15, -0.1) is 0 Å². The Kier molecular flexibility index (Phi) is 10.9. The number of aromatic nitrogens is 2. The third-order valence-electron chi connectivity index (χ3n) is 7.69. The number of nitrogens with zero attached hydrogens (tertiary/aromatic N) is 3. The molecule has 1 saturated carbocycles. The van der Waals surface area contributed by atoms with Crippen LogP contribution in [0.4, 0.5) is 10.7 Å². The van der Waals surface area contributed by atoms with E-state index in [1.54, 1.807) is 12.3 Å². The van der Waals surface area contributed by atoms with E-state index < -0.39 is 23.8 Å². The average molecular weight is 568 g/mol. The number of alkyl carbamates (subject to hydrolysis) is 1. The second-order valence-electron chi connectivity index (χ2n) is 10.8. The van der Waals surface area contributed by atoms with Gasteiger partial charge in [-0.3, -0.25) is 9.59 Å². The maximum atomic E-state index is 13.0. The van der Waals surface area contributed by atoms with E-state index in [1.807, 2.05) is 44.2 Å². The van der Waals surface area contributed by atoms with Crippen LogP contribution in [-0.4, -0.2) is 73.3 Å². The third kappa shape index (κ3) is 8.63. The first kappa shape index (κ1) is 30.2. The molecule has 2 fully saturated rings. The van der Waals surface area contributed by atoms with Crippen molar-refractivity contribution in [2.45, 2.75) is 64.5 Å². The summed E-state index contributed by atoms with van der Waals surface area (Å²) in [5.41, 5.74) is 0.561. The Morgan fingerprint density at radius 3 is 2.51 bits per heavy atom. The Bertz CT molecular complexity index is 1150. The molecule has 0 spiro atoms. The molecule has 11 heteroatoms. The van der Waals surface area contributed by atoms with Gasteiger partial charge < -0.3 is 29.7 Å². The molecule has 1 aliphatic carbocycles. The number of hydrogen-bond acceptors (Lipinski definition) is 9. The zero-order valence-corrected chi connectivity index (χ0v) is 24.0. The minimum absolute atomic E-state index is 0.145. The molecule has 1 aliphatic heterocycles. The molecule has 0 unspecified atom stereocenters. The molecule has 4 rings (SSSR count). The average Bonchev–Trinajstić information content (AvgIpc) is 2.99. The SMILES string of the molecule is CCCC[C@H](NC(=O)OCC1(COc2ccnc(N3CCOCC3)n2)CCC1)C(=O)C(=O)N[C@H](C)c1ccccc1. The molecule has 222 valence electrons. The van der Waals surface area contributed by atoms with Gasteiger partial charge in [-0.25, -0.2) is 9.78 Å². The summed E-state index contributed by atoms with van der Waals surface area (Å²) in [7, 11) is 0. The summed E-state index contributed by atoms with van der Waals surface area (Å²) in [5.74, 6) is -0.333. The van der Waals surface area contributed by atoms with Crippen LogP contribution in [-0.2, 0) is 19.1 Å². The lowest BCUT2D eigenvalue weighted by atomic mass is 9.70. The van der Waals surface area contributed by atoms with E-state index >= 15 is 0 Å². The van der Waals surface area contributed by atoms with Gasteiger partial charge in [0.25, 0.3) is 5.91 Å². The first-order valence-corrected chi connectivity index (χ1v) is 14.5. The molecule has 2 amide bonds. The van der Waals surface area contributed by atoms with Crippen molar-refractivity contribution in [3.63, 3.8) is 0 Å². The fourth-order valence-electron chi connectivity index (χ4n) is 4.89. The molecular weight excluding hydrogens is 526 g/mol. The molecule has 2 heterocycles. The van der Waals surface area contributed by atoms with Crippen molar-refractivity contribution < 1.29 is 28.6 Å². The highest BCUT2D eigenvalue weighted by molar-refractivity contribution is 6.38. The number of morpholine rings is 1. The van der Waals surface area contributed by atoms with E-state index in [4.69, 9.17) is 14.2 Å². The number of Topliss-reactive ketones (excluding diaryl/α,β-unsaturated/α-hetero) is 1. The maximum absolute atomic E-state index is 13.0. The molecule has 0 bridgehead atoms. The molecule has 1 aromatic carbocycles. The predicted molar refractivity (Wildman–Crippen MR) is 153 cm³/mol. The Morgan fingerprint density at radius 1 is 1.07 bits per heavy atom. The first-order valence-electron chi connectivity index (χ1n) is 14.5. The van der Waals surface area contributed by atoms with Crippen molar-refractivity contribution in [1.82, 2.24) is 20.6 Å². The van der Waals surface area contributed by atoms with Gasteiger partial charge >= 0.3 is 6.09 Å². The second-order valence-corrected chi connectivity index (χ2v) is 10.8. The molecule has 0 radical (unpaired) electrons. The van der Waals surface area contributed by atoms with Gasteiger partial charge in [-0.05, 0) is 31.7 Å². The van der Waals surface area contributed by atoms with Gasteiger partial charge in [-0.1, -0.05) is 56.5 Å². The number of benzene rings is 1. The van der Waals surface area contributed by atoms with Crippen LogP contribution in [0.25, 0.3) is 0 Å². The van der Waals surface area contributed by atoms with Crippen molar-refractivity contribution in [3.8, 4) is 5.88 Å². The number of rotatable bonds is 14. The summed E-state index contributed by atoms with van der Waals surface area (Å²) < 4.78 is 17.0. The number of unbranched alkanes of at least 4 members (excludes halogenated alkanes) is 1. The first-order chi connectivity index (χ1) is 19.9. The molecule has 2 atom stereocenters. The van der Waals surface area contributed by atoms with Crippen LogP contribution in [0.15, 0.2) is 42.6 Å². The van der Waals surface area contributed by atoms with E-state index in [9.17, 15) is 14.4 Å². The Balaban J connectivity index is 1.28. The van der Waals surface area contributed by atoms with Gasteiger partial charge in [0.2, 0.25) is 17.6 Å². The quantitative estimate of drug-likeness (QED) is 0.329. The Labute approximate surface area is 241 Å². The molecule has 1 aromatic heterocycles. The Morgan fingerprint density at radius 2 is 1.83 bits per heavy atom. The molecule has 41 heavy (non-hydrogen) atoms. The van der Waals surface area contributed by atoms with Gasteiger partial charge in [0.15, 0.2) is 0 Å². The second kappa shape index (κ2) is 14.8. The number of nitrogens with one attached hydrogen (secondary N) is 2. The van der Waals surface area contributed by atoms with Crippen LogP contribution in [0.1, 0.15) is 64.0 Å². The standard InChI is InChI=1S/C30H41N5O6/c1-3-4-11-24(26(36)27(37)32-22(2)23-9-6-5-7-10-23)33-29(38)41-21-30(13-8-14-30)20-40-25-12-15-31-28(34-25)35-16-18-39-19-17-35/h5-7,9-10,12,15,22,24H,3-4,8,11,13-14,16-21H2,1-2H3,(H,32,37)(H,33,38)/t22-,24+/m1/s1. The lowest BCUT2D eigenvalue weighted by Crippen LogP contribution is -2.49. The predicted octanol–water partition coefficient (Wildman–Crippen LogP) is 3.59. The number of ketones is 1. The monoisotopic (exact) mass is 567 g/mol. The summed E-state index contributed by atoms with van der Waals surface area (Å²) in [4.78, 5) is 49.5. The largest absolute Gasteiger partial charge is 0.477 e. The normalized spacial score (nSPS) is 17.5. The van der Waals surface area contributed by atoms with Crippen molar-refractivity contribution >= 4 is 23.7 Å². The zero-order chi connectivity index (χ0) is 29.1. The van der Waals surface area contributed by atoms with Gasteiger partial charge in [0, 0.05) is 30.8 Å². The smallest absolute Gasteiger partial charge is 0.407 e. The van der Waals surface area contributed by atoms with Crippen LogP contribution in [0.2, 0.25) is 0 Å². The van der Waals surface area contributed by atoms with Crippen molar-refractivity contribution in [3.05, 3.63) is 48.2 Å². The summed E-state index contributed by atoms with van der Waals surface area (Å²) >= 11 is 0. The fraction of sp³-hybridized carbons (Fsp3) is 0.567. The highest BCUT2D eigenvalue weighted by Gasteiger charge is 2.40. The van der Waals surface area contributed by atoms with E-state index in [0.717, 1.165) is 44.3 Å². The van der Waals surface area contributed by atoms with Crippen LogP contribution in [0, 0.1) is 5.41 Å². The number of anilines is 1. The fourth-order valence-corrected chi connectivity index (χ4v) is 4.89. The summed E-state index contributed by atoms with van der Waals surface area (Å²) in [6.07, 6.45) is 5.51. The lowest BCUT2D eigenvalue weighted by molar-refractivity contribution is -0.139. The Hall–Kier alpha value is -3.73. The maximum Gasteiger partial charge on any atom is 0.407 e. The van der Waals surface area contributed by atoms with Crippen LogP contribution < -0.4 is 20.3 Å². The van der Waals surface area contributed by atoms with Crippen molar-refractivity contribution in [1.29, 1.82) is 0 Å². The van der Waals surface area contributed by atoms with Crippen molar-refractivity contribution in [2.75, 3.05) is 44.4 Å². The minimum Gasteiger partial charge on any atom is -0.477 e. The van der Waals surface area contributed by atoms with Crippen LogP contribution in [0.3, 0.4) is 0 Å². The molecule has 11 nitrogen and oxygen atoms in total. The summed E-state index contributed by atoms with van der Waals surface area (Å²) in [6, 6.07) is 9.81. The number of amides is 2. The molecular formula is C30H41N5O6. The molecule has 2 N–H and O–H groups in total. The number of hydrogen-bond donors (Lipinski definition) is 2. The zero-order valence-electron chi connectivity index (χ0n) is 24.0. The van der Waals surface area contributed by atoms with E-state index in [-0.39, 0.29) is 18.1 Å². The molecule has 2 aromatic rings. The van der Waals surface area contributed by atoms with Crippen LogP contribution in [0.5, 0.6) is 5.88 Å². The van der Waals surface area contributed by atoms with E-state index in [1.165, 1.54) is 0 Å². The third-order valence-corrected chi connectivity index (χ3v) is 7.69. The van der Waals surface area contributed by atoms with Gasteiger partial charge in [-0.2, -0.15) is 4.98 Å². The van der Waals surface area contributed by atoms with Crippen LogP contribution >= 0.6 is 0 Å². The topological polar surface area (TPSA) is 132 Å². The molecule has 2 aliphatic rings. The number of carbonyl (C=O) groups excluding carboxylic acids is 3. The van der Waals surface area contributed by atoms with E-state index in [0.29, 0.717) is 44.5 Å². The van der Waals surface area contributed by atoms with Gasteiger partial charge in [0.05, 0.1) is 25.9 Å². The number of carbonyl (C=O) groups is 3. The highest BCUT2D eigenvalue weighted by atomic mass is 16.6.